The molecule has 2 amide bonds. The highest BCUT2D eigenvalue weighted by molar-refractivity contribution is 5.85. The Morgan fingerprint density at radius 2 is 1.08 bits per heavy atom. The van der Waals surface area contributed by atoms with E-state index in [1.54, 1.807) is 24.3 Å². The van der Waals surface area contributed by atoms with Gasteiger partial charge in [0.25, 0.3) is 0 Å². The maximum Gasteiger partial charge on any atom is 0.412 e. The highest BCUT2D eigenvalue weighted by Crippen LogP contribution is 2.09. The first-order valence-corrected chi connectivity index (χ1v) is 7.99. The van der Waals surface area contributed by atoms with Crippen molar-refractivity contribution < 1.29 is 19.1 Å². The molecule has 2 rings (SSSR count). The van der Waals surface area contributed by atoms with Crippen LogP contribution in [0.4, 0.5) is 21.0 Å². The quantitative estimate of drug-likeness (QED) is 0.812. The minimum atomic E-state index is -0.596. The number of aryl methyl sites for hydroxylation is 2. The lowest BCUT2D eigenvalue weighted by Crippen LogP contribution is -2.14. The molecule has 0 fully saturated rings. The van der Waals surface area contributed by atoms with Crippen LogP contribution in [0.2, 0.25) is 0 Å². The monoisotopic (exact) mass is 352 g/mol. The second kappa shape index (κ2) is 9.74. The fourth-order valence-electron chi connectivity index (χ4n) is 1.89. The van der Waals surface area contributed by atoms with E-state index in [9.17, 15) is 9.59 Å². The molecule has 0 aliphatic heterocycles. The van der Waals surface area contributed by atoms with E-state index >= 15 is 0 Å². The van der Waals surface area contributed by atoms with Crippen LogP contribution in [-0.4, -0.2) is 25.4 Å². The molecule has 6 nitrogen and oxygen atoms in total. The van der Waals surface area contributed by atoms with E-state index in [4.69, 9.17) is 9.47 Å². The first kappa shape index (κ1) is 18.9. The van der Waals surface area contributed by atoms with Gasteiger partial charge >= 0.3 is 12.2 Å². The van der Waals surface area contributed by atoms with Gasteiger partial charge in [-0.1, -0.05) is 47.2 Å². The van der Waals surface area contributed by atoms with Crippen LogP contribution in [0.3, 0.4) is 0 Å². The Morgan fingerprint density at radius 3 is 1.42 bits per heavy atom. The van der Waals surface area contributed by atoms with E-state index in [0.717, 1.165) is 11.1 Å². The summed E-state index contributed by atoms with van der Waals surface area (Å²) in [6.07, 6.45) is -1.19. The van der Waals surface area contributed by atoms with Crippen molar-refractivity contribution in [1.82, 2.24) is 0 Å². The maximum atomic E-state index is 11.6. The van der Waals surface area contributed by atoms with Gasteiger partial charge < -0.3 is 9.47 Å². The van der Waals surface area contributed by atoms with Crippen LogP contribution >= 0.6 is 0 Å². The molecule has 0 saturated heterocycles. The van der Waals surface area contributed by atoms with Gasteiger partial charge in [0.05, 0.1) is 0 Å². The minimum absolute atomic E-state index is 0.0966. The van der Waals surface area contributed by atoms with Crippen molar-refractivity contribution in [1.29, 1.82) is 0 Å². The smallest absolute Gasteiger partial charge is 0.412 e. The van der Waals surface area contributed by atoms with Gasteiger partial charge in [-0.25, -0.2) is 9.59 Å². The largest absolute Gasteiger partial charge is 0.436 e. The predicted octanol–water partition coefficient (Wildman–Crippen LogP) is 4.10. The Hall–Kier alpha value is -3.46. The summed E-state index contributed by atoms with van der Waals surface area (Å²) in [5.41, 5.74) is 3.48. The summed E-state index contributed by atoms with van der Waals surface area (Å²) < 4.78 is 9.82. The van der Waals surface area contributed by atoms with E-state index in [0.29, 0.717) is 11.4 Å². The van der Waals surface area contributed by atoms with Gasteiger partial charge in [-0.2, -0.15) is 0 Å². The first-order valence-electron chi connectivity index (χ1n) is 7.99. The molecule has 0 aliphatic carbocycles. The maximum absolute atomic E-state index is 11.6. The number of amides is 2. The number of benzene rings is 2. The molecular formula is C20H20N2O4. The highest BCUT2D eigenvalue weighted by Gasteiger charge is 2.02. The summed E-state index contributed by atoms with van der Waals surface area (Å²) in [6, 6.07) is 14.7. The van der Waals surface area contributed by atoms with Crippen LogP contribution < -0.4 is 10.6 Å². The number of nitrogens with one attached hydrogen (secondary N) is 2. The number of hydrogen-bond donors (Lipinski definition) is 2. The lowest BCUT2D eigenvalue weighted by molar-refractivity contribution is 0.173. The Bertz CT molecular complexity index is 735. The van der Waals surface area contributed by atoms with Crippen molar-refractivity contribution in [2.45, 2.75) is 13.8 Å². The molecule has 6 heteroatoms. The summed E-state index contributed by atoms with van der Waals surface area (Å²) in [4.78, 5) is 23.1. The van der Waals surface area contributed by atoms with Crippen molar-refractivity contribution >= 4 is 23.6 Å². The third kappa shape index (κ3) is 6.97. The SMILES string of the molecule is Cc1ccc(NC(=O)OCC#CCOC(=O)Nc2ccc(C)cc2)cc1. The molecule has 0 atom stereocenters. The van der Waals surface area contributed by atoms with Crippen molar-refractivity contribution in [3.8, 4) is 11.8 Å². The van der Waals surface area contributed by atoms with Gasteiger partial charge in [0.15, 0.2) is 13.2 Å². The molecule has 0 saturated carbocycles. The average molecular weight is 352 g/mol. The number of ether oxygens (including phenoxy) is 2. The van der Waals surface area contributed by atoms with E-state index in [1.165, 1.54) is 0 Å². The molecule has 2 aromatic rings. The Kier molecular flexibility index (Phi) is 7.07. The standard InChI is InChI=1S/C20H20N2O4/c1-15-5-9-17(10-6-15)21-19(23)25-13-3-4-14-26-20(24)22-18-11-7-16(2)8-12-18/h5-12H,13-14H2,1-2H3,(H,21,23)(H,22,24). The van der Waals surface area contributed by atoms with Gasteiger partial charge in [0, 0.05) is 11.4 Å². The topological polar surface area (TPSA) is 76.7 Å². The fraction of sp³-hybridized carbons (Fsp3) is 0.200. The zero-order valence-corrected chi connectivity index (χ0v) is 14.7. The van der Waals surface area contributed by atoms with Crippen molar-refractivity contribution in [3.63, 3.8) is 0 Å². The number of anilines is 2. The van der Waals surface area contributed by atoms with Gasteiger partial charge in [0.2, 0.25) is 0 Å². The summed E-state index contributed by atoms with van der Waals surface area (Å²) in [5, 5.41) is 5.17. The summed E-state index contributed by atoms with van der Waals surface area (Å²) in [7, 11) is 0. The van der Waals surface area contributed by atoms with Crippen molar-refractivity contribution in [2.75, 3.05) is 23.8 Å². The van der Waals surface area contributed by atoms with Crippen LogP contribution in [0.25, 0.3) is 0 Å². The molecular weight excluding hydrogens is 332 g/mol. The van der Waals surface area contributed by atoms with Crippen LogP contribution in [0, 0.1) is 25.7 Å². The third-order valence-electron chi connectivity index (χ3n) is 3.27. The zero-order valence-electron chi connectivity index (χ0n) is 14.7. The van der Waals surface area contributed by atoms with Crippen LogP contribution in [0.1, 0.15) is 11.1 Å². The summed E-state index contributed by atoms with van der Waals surface area (Å²) >= 11 is 0. The Balaban J connectivity index is 1.62. The summed E-state index contributed by atoms with van der Waals surface area (Å²) in [5.74, 6) is 5.20. The third-order valence-corrected chi connectivity index (χ3v) is 3.27. The second-order valence-corrected chi connectivity index (χ2v) is 5.49. The number of hydrogen-bond acceptors (Lipinski definition) is 4. The van der Waals surface area contributed by atoms with Crippen molar-refractivity contribution in [3.05, 3.63) is 59.7 Å². The number of rotatable bonds is 4. The first-order chi connectivity index (χ1) is 12.5. The lowest BCUT2D eigenvalue weighted by atomic mass is 10.2. The molecule has 0 aromatic heterocycles. The van der Waals surface area contributed by atoms with Crippen LogP contribution in [0.15, 0.2) is 48.5 Å². The summed E-state index contributed by atoms with van der Waals surface area (Å²) in [6.45, 7) is 3.73. The second-order valence-electron chi connectivity index (χ2n) is 5.49. The van der Waals surface area contributed by atoms with Gasteiger partial charge in [-0.15, -0.1) is 0 Å². The molecule has 0 bridgehead atoms. The van der Waals surface area contributed by atoms with Gasteiger partial charge in [-0.05, 0) is 38.1 Å². The van der Waals surface area contributed by atoms with E-state index in [2.05, 4.69) is 22.5 Å². The number of carbonyl (C=O) groups is 2. The van der Waals surface area contributed by atoms with Gasteiger partial charge in [0.1, 0.15) is 0 Å². The fourth-order valence-corrected chi connectivity index (χ4v) is 1.89. The molecule has 26 heavy (non-hydrogen) atoms. The molecule has 0 heterocycles. The van der Waals surface area contributed by atoms with E-state index < -0.39 is 12.2 Å². The lowest BCUT2D eigenvalue weighted by Gasteiger charge is -2.05. The number of carbonyl (C=O) groups excluding carboxylic acids is 2. The van der Waals surface area contributed by atoms with E-state index in [-0.39, 0.29) is 13.2 Å². The highest BCUT2D eigenvalue weighted by atomic mass is 16.6. The molecule has 0 spiro atoms. The molecule has 0 unspecified atom stereocenters. The molecule has 2 N–H and O–H groups in total. The Labute approximate surface area is 152 Å². The van der Waals surface area contributed by atoms with Crippen LogP contribution in [0.5, 0.6) is 0 Å². The minimum Gasteiger partial charge on any atom is -0.436 e. The van der Waals surface area contributed by atoms with Crippen LogP contribution in [-0.2, 0) is 9.47 Å². The normalized spacial score (nSPS) is 9.46. The average Bonchev–Trinajstić information content (AvgIpc) is 2.62. The molecule has 0 aliphatic rings. The molecule has 134 valence electrons. The zero-order chi connectivity index (χ0) is 18.8. The predicted molar refractivity (Wildman–Crippen MR) is 100 cm³/mol. The van der Waals surface area contributed by atoms with Gasteiger partial charge in [-0.3, -0.25) is 10.6 Å². The van der Waals surface area contributed by atoms with E-state index in [1.807, 2.05) is 38.1 Å². The Morgan fingerprint density at radius 1 is 0.731 bits per heavy atom. The van der Waals surface area contributed by atoms with Crippen molar-refractivity contribution in [2.24, 2.45) is 0 Å². The molecule has 2 aromatic carbocycles. The molecule has 0 radical (unpaired) electrons.